The molecule has 2 rings (SSSR count). The zero-order valence-electron chi connectivity index (χ0n) is 13.4. The van der Waals surface area contributed by atoms with Gasteiger partial charge < -0.3 is 15.0 Å². The molecule has 1 aromatic rings. The van der Waals surface area contributed by atoms with Crippen molar-refractivity contribution in [3.8, 4) is 0 Å². The van der Waals surface area contributed by atoms with Gasteiger partial charge in [-0.2, -0.15) is 0 Å². The van der Waals surface area contributed by atoms with E-state index in [2.05, 4.69) is 10.2 Å². The Hall–Kier alpha value is -1.13. The maximum absolute atomic E-state index is 14.3. The molecule has 1 N–H and O–H groups in total. The van der Waals surface area contributed by atoms with Crippen LogP contribution in [0.5, 0.6) is 0 Å². The predicted octanol–water partition coefficient (Wildman–Crippen LogP) is 3.50. The Kier molecular flexibility index (Phi) is 6.00. The molecular weight excluding hydrogens is 267 g/mol. The van der Waals surface area contributed by atoms with Crippen molar-refractivity contribution >= 4 is 5.69 Å². The minimum Gasteiger partial charge on any atom is -0.377 e. The number of hydrogen-bond donors (Lipinski definition) is 1. The van der Waals surface area contributed by atoms with Crippen molar-refractivity contribution in [2.24, 2.45) is 0 Å². The van der Waals surface area contributed by atoms with Gasteiger partial charge in [0.1, 0.15) is 5.82 Å². The quantitative estimate of drug-likeness (QED) is 0.869. The zero-order valence-corrected chi connectivity index (χ0v) is 13.4. The van der Waals surface area contributed by atoms with E-state index < -0.39 is 0 Å². The van der Waals surface area contributed by atoms with Crippen molar-refractivity contribution in [2.75, 3.05) is 31.1 Å². The highest BCUT2D eigenvalue weighted by Gasteiger charge is 2.24. The van der Waals surface area contributed by atoms with Gasteiger partial charge in [-0.3, -0.25) is 0 Å². The monoisotopic (exact) mass is 294 g/mol. The van der Waals surface area contributed by atoms with Crippen molar-refractivity contribution in [2.45, 2.75) is 45.8 Å². The Bertz CT molecular complexity index is 450. The van der Waals surface area contributed by atoms with Crippen molar-refractivity contribution in [1.82, 2.24) is 5.32 Å². The smallest absolute Gasteiger partial charge is 0.130 e. The van der Waals surface area contributed by atoms with Gasteiger partial charge in [0.15, 0.2) is 0 Å². The summed E-state index contributed by atoms with van der Waals surface area (Å²) in [5.41, 5.74) is 1.78. The molecule has 2 unspecified atom stereocenters. The van der Waals surface area contributed by atoms with E-state index in [9.17, 15) is 4.39 Å². The summed E-state index contributed by atoms with van der Waals surface area (Å²) in [6.45, 7) is 9.49. The minimum atomic E-state index is -0.125. The first kappa shape index (κ1) is 16.2. The first-order valence-corrected chi connectivity index (χ1v) is 8.05. The predicted molar refractivity (Wildman–Crippen MR) is 85.4 cm³/mol. The van der Waals surface area contributed by atoms with Crippen LogP contribution in [0.2, 0.25) is 0 Å². The number of nitrogens with one attached hydrogen (secondary N) is 1. The van der Waals surface area contributed by atoms with Crippen molar-refractivity contribution in [1.29, 1.82) is 0 Å². The summed E-state index contributed by atoms with van der Waals surface area (Å²) < 4.78 is 20.1. The van der Waals surface area contributed by atoms with E-state index in [-0.39, 0.29) is 18.0 Å². The number of anilines is 1. The molecule has 1 aliphatic rings. The van der Waals surface area contributed by atoms with E-state index in [1.54, 1.807) is 12.1 Å². The summed E-state index contributed by atoms with van der Waals surface area (Å²) in [6.07, 6.45) is 2.45. The number of benzene rings is 1. The second-order valence-corrected chi connectivity index (χ2v) is 5.62. The van der Waals surface area contributed by atoms with Crippen LogP contribution in [0.4, 0.5) is 10.1 Å². The molecule has 1 saturated heterocycles. The topological polar surface area (TPSA) is 24.5 Å². The van der Waals surface area contributed by atoms with Crippen molar-refractivity contribution in [3.63, 3.8) is 0 Å². The van der Waals surface area contributed by atoms with Gasteiger partial charge in [-0.05, 0) is 45.4 Å². The Morgan fingerprint density at radius 1 is 1.43 bits per heavy atom. The van der Waals surface area contributed by atoms with Crippen LogP contribution in [-0.4, -0.2) is 32.3 Å². The largest absolute Gasteiger partial charge is 0.377 e. The lowest BCUT2D eigenvalue weighted by Gasteiger charge is -2.36. The van der Waals surface area contributed by atoms with E-state index in [0.717, 1.165) is 50.3 Å². The summed E-state index contributed by atoms with van der Waals surface area (Å²) in [6, 6.07) is 5.40. The summed E-state index contributed by atoms with van der Waals surface area (Å²) in [7, 11) is 0. The van der Waals surface area contributed by atoms with Crippen LogP contribution < -0.4 is 10.2 Å². The molecule has 4 heteroatoms. The van der Waals surface area contributed by atoms with Crippen LogP contribution in [0, 0.1) is 5.82 Å². The second kappa shape index (κ2) is 7.76. The normalized spacial score (nSPS) is 20.6. The SMILES string of the molecule is CCNC(C)c1c(F)cccc1N1CCCC(OCC)C1. The minimum absolute atomic E-state index is 0.0127. The molecule has 1 fully saturated rings. The molecule has 0 saturated carbocycles. The highest BCUT2D eigenvalue weighted by molar-refractivity contribution is 5.56. The maximum atomic E-state index is 14.3. The van der Waals surface area contributed by atoms with Crippen LogP contribution in [0.1, 0.15) is 45.2 Å². The van der Waals surface area contributed by atoms with Gasteiger partial charge in [-0.1, -0.05) is 13.0 Å². The third-order valence-corrected chi connectivity index (χ3v) is 4.09. The molecule has 0 aromatic heterocycles. The number of rotatable bonds is 6. The number of hydrogen-bond acceptors (Lipinski definition) is 3. The van der Waals surface area contributed by atoms with Gasteiger partial charge in [0.25, 0.3) is 0 Å². The lowest BCUT2D eigenvalue weighted by Crippen LogP contribution is -2.40. The Labute approximate surface area is 127 Å². The molecule has 118 valence electrons. The molecule has 1 aliphatic heterocycles. The third-order valence-electron chi connectivity index (χ3n) is 4.09. The molecule has 0 aliphatic carbocycles. The van der Waals surface area contributed by atoms with Crippen LogP contribution >= 0.6 is 0 Å². The maximum Gasteiger partial charge on any atom is 0.130 e. The first-order valence-electron chi connectivity index (χ1n) is 8.05. The van der Waals surface area contributed by atoms with Crippen LogP contribution in [-0.2, 0) is 4.74 Å². The van der Waals surface area contributed by atoms with Crippen LogP contribution in [0.15, 0.2) is 18.2 Å². The van der Waals surface area contributed by atoms with E-state index in [4.69, 9.17) is 4.74 Å². The fourth-order valence-electron chi connectivity index (χ4n) is 3.17. The molecule has 0 amide bonds. The fourth-order valence-corrected chi connectivity index (χ4v) is 3.17. The van der Waals surface area contributed by atoms with Crippen LogP contribution in [0.3, 0.4) is 0 Å². The summed E-state index contributed by atoms with van der Waals surface area (Å²) in [4.78, 5) is 2.27. The van der Waals surface area contributed by atoms with E-state index in [1.807, 2.05) is 26.8 Å². The summed E-state index contributed by atoms with van der Waals surface area (Å²) in [5, 5.41) is 3.32. The molecule has 0 radical (unpaired) electrons. The number of nitrogens with zero attached hydrogens (tertiary/aromatic N) is 1. The second-order valence-electron chi connectivity index (χ2n) is 5.62. The highest BCUT2D eigenvalue weighted by atomic mass is 19.1. The summed E-state index contributed by atoms with van der Waals surface area (Å²) in [5.74, 6) is -0.125. The first-order chi connectivity index (χ1) is 10.2. The summed E-state index contributed by atoms with van der Waals surface area (Å²) >= 11 is 0. The van der Waals surface area contributed by atoms with E-state index in [0.29, 0.717) is 0 Å². The lowest BCUT2D eigenvalue weighted by molar-refractivity contribution is 0.0526. The Morgan fingerprint density at radius 2 is 2.24 bits per heavy atom. The van der Waals surface area contributed by atoms with Gasteiger partial charge in [0, 0.05) is 37.0 Å². The zero-order chi connectivity index (χ0) is 15.2. The van der Waals surface area contributed by atoms with E-state index >= 15 is 0 Å². The van der Waals surface area contributed by atoms with Gasteiger partial charge in [0.05, 0.1) is 6.10 Å². The van der Waals surface area contributed by atoms with Gasteiger partial charge in [-0.15, -0.1) is 0 Å². The molecule has 1 aromatic carbocycles. The number of ether oxygens (including phenoxy) is 1. The average molecular weight is 294 g/mol. The fraction of sp³-hybridized carbons (Fsp3) is 0.647. The van der Waals surface area contributed by atoms with Gasteiger partial charge in [0.2, 0.25) is 0 Å². The van der Waals surface area contributed by atoms with Crippen LogP contribution in [0.25, 0.3) is 0 Å². The highest BCUT2D eigenvalue weighted by Crippen LogP contribution is 2.31. The van der Waals surface area contributed by atoms with Crippen molar-refractivity contribution < 1.29 is 9.13 Å². The molecule has 21 heavy (non-hydrogen) atoms. The van der Waals surface area contributed by atoms with E-state index in [1.165, 1.54) is 0 Å². The standard InChI is InChI=1S/C17H27FN2O/c1-4-19-13(3)17-15(18)9-6-10-16(17)20-11-7-8-14(12-20)21-5-2/h6,9-10,13-14,19H,4-5,7-8,11-12H2,1-3H3. The third kappa shape index (κ3) is 3.95. The van der Waals surface area contributed by atoms with Gasteiger partial charge in [-0.25, -0.2) is 4.39 Å². The molecule has 0 spiro atoms. The molecule has 1 heterocycles. The molecule has 2 atom stereocenters. The molecule has 0 bridgehead atoms. The average Bonchev–Trinajstić information content (AvgIpc) is 2.48. The Morgan fingerprint density at radius 3 is 2.95 bits per heavy atom. The van der Waals surface area contributed by atoms with Gasteiger partial charge >= 0.3 is 0 Å². The molecule has 3 nitrogen and oxygen atoms in total. The number of halogens is 1. The molecular formula is C17H27FN2O. The van der Waals surface area contributed by atoms with Crippen molar-refractivity contribution in [3.05, 3.63) is 29.6 Å². The number of piperidine rings is 1. The lowest BCUT2D eigenvalue weighted by atomic mass is 10.0. The Balaban J connectivity index is 2.24.